The SMILES string of the molecule is CCOC(=O)c1sc2ncnc(N3CCC(c4ccc(O)cc4)CC3)c2c1C. The Morgan fingerprint density at radius 3 is 2.64 bits per heavy atom. The number of phenols is 1. The molecular formula is C21H23N3O3S. The van der Waals surface area contributed by atoms with Crippen LogP contribution in [-0.4, -0.2) is 40.7 Å². The first kappa shape index (κ1) is 18.7. The second-order valence-electron chi connectivity index (χ2n) is 7.01. The lowest BCUT2D eigenvalue weighted by atomic mass is 9.89. The largest absolute Gasteiger partial charge is 0.508 e. The Bertz CT molecular complexity index is 992. The average molecular weight is 398 g/mol. The van der Waals surface area contributed by atoms with Gasteiger partial charge in [0, 0.05) is 13.1 Å². The van der Waals surface area contributed by atoms with E-state index in [-0.39, 0.29) is 5.97 Å². The number of hydrogen-bond acceptors (Lipinski definition) is 7. The predicted octanol–water partition coefficient (Wildman–Crippen LogP) is 4.27. The van der Waals surface area contributed by atoms with E-state index in [1.54, 1.807) is 18.5 Å². The van der Waals surface area contributed by atoms with Crippen LogP contribution in [0.15, 0.2) is 30.6 Å². The van der Waals surface area contributed by atoms with E-state index < -0.39 is 0 Å². The molecule has 146 valence electrons. The van der Waals surface area contributed by atoms with Gasteiger partial charge in [0.25, 0.3) is 0 Å². The molecule has 0 unspecified atom stereocenters. The number of piperidine rings is 1. The van der Waals surface area contributed by atoms with Gasteiger partial charge < -0.3 is 14.7 Å². The van der Waals surface area contributed by atoms with Gasteiger partial charge >= 0.3 is 5.97 Å². The third-order valence-electron chi connectivity index (χ3n) is 5.33. The molecule has 7 heteroatoms. The molecule has 0 atom stereocenters. The number of benzene rings is 1. The van der Waals surface area contributed by atoms with E-state index in [1.165, 1.54) is 16.9 Å². The van der Waals surface area contributed by atoms with Crippen LogP contribution in [0.25, 0.3) is 10.2 Å². The molecule has 0 aliphatic carbocycles. The number of ether oxygens (including phenoxy) is 1. The number of anilines is 1. The quantitative estimate of drug-likeness (QED) is 0.663. The number of rotatable bonds is 4. The van der Waals surface area contributed by atoms with Crippen LogP contribution in [0.2, 0.25) is 0 Å². The molecule has 1 N–H and O–H groups in total. The van der Waals surface area contributed by atoms with E-state index in [4.69, 9.17) is 4.74 Å². The lowest BCUT2D eigenvalue weighted by molar-refractivity contribution is 0.0531. The van der Waals surface area contributed by atoms with Crippen molar-refractivity contribution in [2.75, 3.05) is 24.6 Å². The van der Waals surface area contributed by atoms with Crippen LogP contribution in [-0.2, 0) is 4.74 Å². The Morgan fingerprint density at radius 2 is 1.96 bits per heavy atom. The third kappa shape index (κ3) is 3.42. The number of phenolic OH excluding ortho intramolecular Hbond substituents is 1. The molecule has 2 aromatic heterocycles. The van der Waals surface area contributed by atoms with Crippen molar-refractivity contribution in [3.63, 3.8) is 0 Å². The maximum atomic E-state index is 12.3. The maximum absolute atomic E-state index is 12.3. The van der Waals surface area contributed by atoms with Crippen LogP contribution in [0, 0.1) is 6.92 Å². The summed E-state index contributed by atoms with van der Waals surface area (Å²) in [5.41, 5.74) is 2.16. The van der Waals surface area contributed by atoms with E-state index in [0.29, 0.717) is 23.2 Å². The number of aryl methyl sites for hydroxylation is 1. The van der Waals surface area contributed by atoms with Crippen LogP contribution >= 0.6 is 11.3 Å². The van der Waals surface area contributed by atoms with Crippen molar-refractivity contribution >= 4 is 33.3 Å². The van der Waals surface area contributed by atoms with Gasteiger partial charge in [-0.15, -0.1) is 11.3 Å². The smallest absolute Gasteiger partial charge is 0.348 e. The molecule has 3 heterocycles. The second-order valence-corrected chi connectivity index (χ2v) is 8.01. The molecule has 28 heavy (non-hydrogen) atoms. The fraction of sp³-hybridized carbons (Fsp3) is 0.381. The molecular weight excluding hydrogens is 374 g/mol. The molecule has 1 fully saturated rings. The Morgan fingerprint density at radius 1 is 1.25 bits per heavy atom. The van der Waals surface area contributed by atoms with Crippen molar-refractivity contribution in [3.05, 3.63) is 46.6 Å². The molecule has 0 bridgehead atoms. The standard InChI is InChI=1S/C21H23N3O3S/c1-3-27-21(26)18-13(2)17-19(22-12-23-20(17)28-18)24-10-8-15(9-11-24)14-4-6-16(25)7-5-14/h4-7,12,15,25H,3,8-11H2,1-2H3. The van der Waals surface area contributed by atoms with Gasteiger partial charge in [-0.3, -0.25) is 0 Å². The van der Waals surface area contributed by atoms with Crippen molar-refractivity contribution in [3.8, 4) is 5.75 Å². The van der Waals surface area contributed by atoms with Gasteiger partial charge in [0.1, 0.15) is 27.6 Å². The van der Waals surface area contributed by atoms with Gasteiger partial charge in [-0.1, -0.05) is 12.1 Å². The first-order valence-corrected chi connectivity index (χ1v) is 10.3. The van der Waals surface area contributed by atoms with Crippen LogP contribution in [0.3, 0.4) is 0 Å². The molecule has 3 aromatic rings. The van der Waals surface area contributed by atoms with Gasteiger partial charge in [0.15, 0.2) is 0 Å². The number of nitrogens with zero attached hydrogens (tertiary/aromatic N) is 3. The summed E-state index contributed by atoms with van der Waals surface area (Å²) in [4.78, 5) is 24.9. The first-order valence-electron chi connectivity index (χ1n) is 9.53. The number of aromatic hydroxyl groups is 1. The van der Waals surface area contributed by atoms with Gasteiger partial charge in [-0.25, -0.2) is 14.8 Å². The van der Waals surface area contributed by atoms with Crippen LogP contribution in [0.1, 0.15) is 46.5 Å². The van der Waals surface area contributed by atoms with E-state index >= 15 is 0 Å². The normalized spacial score (nSPS) is 15.1. The van der Waals surface area contributed by atoms with E-state index in [2.05, 4.69) is 14.9 Å². The molecule has 6 nitrogen and oxygen atoms in total. The maximum Gasteiger partial charge on any atom is 0.348 e. The highest BCUT2D eigenvalue weighted by Gasteiger charge is 2.26. The molecule has 0 saturated carbocycles. The third-order valence-corrected chi connectivity index (χ3v) is 6.51. The molecule has 1 aliphatic heterocycles. The molecule has 1 aromatic carbocycles. The summed E-state index contributed by atoms with van der Waals surface area (Å²) in [6.07, 6.45) is 3.61. The summed E-state index contributed by atoms with van der Waals surface area (Å²) < 4.78 is 5.19. The van der Waals surface area contributed by atoms with Gasteiger partial charge in [0.2, 0.25) is 0 Å². The van der Waals surface area contributed by atoms with Crippen LogP contribution < -0.4 is 4.90 Å². The number of thiophene rings is 1. The number of esters is 1. The Balaban J connectivity index is 1.58. The average Bonchev–Trinajstić information content (AvgIpc) is 3.06. The molecule has 1 aliphatic rings. The molecule has 4 rings (SSSR count). The number of hydrogen-bond donors (Lipinski definition) is 1. The molecule has 0 radical (unpaired) electrons. The minimum absolute atomic E-state index is 0.292. The number of carbonyl (C=O) groups excluding carboxylic acids is 1. The summed E-state index contributed by atoms with van der Waals surface area (Å²) in [7, 11) is 0. The van der Waals surface area contributed by atoms with Crippen molar-refractivity contribution < 1.29 is 14.6 Å². The number of aromatic nitrogens is 2. The Labute approximate surface area is 167 Å². The van der Waals surface area contributed by atoms with Crippen LogP contribution in [0.5, 0.6) is 5.75 Å². The second kappa shape index (κ2) is 7.75. The topological polar surface area (TPSA) is 75.5 Å². The highest BCUT2D eigenvalue weighted by Crippen LogP contribution is 2.37. The summed E-state index contributed by atoms with van der Waals surface area (Å²) in [6.45, 7) is 5.89. The minimum Gasteiger partial charge on any atom is -0.508 e. The number of carbonyl (C=O) groups is 1. The van der Waals surface area contributed by atoms with E-state index in [0.717, 1.165) is 47.5 Å². The minimum atomic E-state index is -0.292. The van der Waals surface area contributed by atoms with Gasteiger partial charge in [0.05, 0.1) is 12.0 Å². The molecule has 0 amide bonds. The van der Waals surface area contributed by atoms with Gasteiger partial charge in [-0.2, -0.15) is 0 Å². The highest BCUT2D eigenvalue weighted by molar-refractivity contribution is 7.20. The first-order chi connectivity index (χ1) is 13.6. The lowest BCUT2D eigenvalue weighted by Gasteiger charge is -2.33. The fourth-order valence-electron chi connectivity index (χ4n) is 3.86. The monoisotopic (exact) mass is 397 g/mol. The molecule has 0 spiro atoms. The summed E-state index contributed by atoms with van der Waals surface area (Å²) in [5, 5.41) is 10.4. The van der Waals surface area contributed by atoms with Crippen molar-refractivity contribution in [1.82, 2.24) is 9.97 Å². The summed E-state index contributed by atoms with van der Waals surface area (Å²) in [6, 6.07) is 7.52. The predicted molar refractivity (Wildman–Crippen MR) is 110 cm³/mol. The van der Waals surface area contributed by atoms with Crippen molar-refractivity contribution in [1.29, 1.82) is 0 Å². The van der Waals surface area contributed by atoms with Crippen molar-refractivity contribution in [2.24, 2.45) is 0 Å². The Hall–Kier alpha value is -2.67. The zero-order valence-electron chi connectivity index (χ0n) is 16.0. The van der Waals surface area contributed by atoms with Crippen LogP contribution in [0.4, 0.5) is 5.82 Å². The highest BCUT2D eigenvalue weighted by atomic mass is 32.1. The van der Waals surface area contributed by atoms with Gasteiger partial charge in [-0.05, 0) is 55.9 Å². The lowest BCUT2D eigenvalue weighted by Crippen LogP contribution is -2.33. The zero-order valence-corrected chi connectivity index (χ0v) is 16.8. The number of fused-ring (bicyclic) bond motifs is 1. The summed E-state index contributed by atoms with van der Waals surface area (Å²) >= 11 is 1.37. The zero-order chi connectivity index (χ0) is 19.7. The summed E-state index contributed by atoms with van der Waals surface area (Å²) in [5.74, 6) is 1.39. The fourth-order valence-corrected chi connectivity index (χ4v) is 4.89. The molecule has 1 saturated heterocycles. The van der Waals surface area contributed by atoms with E-state index in [1.807, 2.05) is 26.0 Å². The Kier molecular flexibility index (Phi) is 5.17. The van der Waals surface area contributed by atoms with E-state index in [9.17, 15) is 9.90 Å². The van der Waals surface area contributed by atoms with Crippen molar-refractivity contribution in [2.45, 2.75) is 32.6 Å².